The van der Waals surface area contributed by atoms with Gasteiger partial charge < -0.3 is 5.32 Å². The van der Waals surface area contributed by atoms with Crippen LogP contribution in [0.3, 0.4) is 0 Å². The molecule has 1 aromatic rings. The van der Waals surface area contributed by atoms with Crippen LogP contribution in [0.25, 0.3) is 0 Å². The maximum atomic E-state index is 12.9. The van der Waals surface area contributed by atoms with Gasteiger partial charge in [0, 0.05) is 6.04 Å². The molecule has 1 unspecified atom stereocenters. The zero-order chi connectivity index (χ0) is 15.5. The summed E-state index contributed by atoms with van der Waals surface area (Å²) in [6, 6.07) is 4.95. The molecule has 2 nitrogen and oxygen atoms in total. The molecule has 21 heavy (non-hydrogen) atoms. The highest BCUT2D eigenvalue weighted by Gasteiger charge is 2.36. The van der Waals surface area contributed by atoms with E-state index in [2.05, 4.69) is 5.32 Å². The first-order chi connectivity index (χ1) is 9.89. The number of benzene rings is 1. The van der Waals surface area contributed by atoms with E-state index in [4.69, 9.17) is 11.6 Å². The predicted octanol–water partition coefficient (Wildman–Crippen LogP) is 4.43. The molecular formula is C15H17ClF3NO. The second kappa shape index (κ2) is 6.69. The molecule has 0 aromatic heterocycles. The van der Waals surface area contributed by atoms with Crippen LogP contribution in [0.1, 0.15) is 48.6 Å². The molecule has 1 amide bonds. The standard InChI is InChI=1S/C15H17ClF3NO/c16-13(14(21)20-10-6-2-1-3-7-10)11-8-4-5-9-12(11)15(17,18)19/h4-5,8-10,13H,1-3,6-7H2,(H,20,21). The van der Waals surface area contributed by atoms with Gasteiger partial charge in [0.25, 0.3) is 0 Å². The van der Waals surface area contributed by atoms with Crippen molar-refractivity contribution in [2.24, 2.45) is 0 Å². The van der Waals surface area contributed by atoms with E-state index < -0.39 is 23.0 Å². The van der Waals surface area contributed by atoms with Crippen LogP contribution in [0.4, 0.5) is 13.2 Å². The number of alkyl halides is 4. The largest absolute Gasteiger partial charge is 0.416 e. The highest BCUT2D eigenvalue weighted by Crippen LogP contribution is 2.36. The summed E-state index contributed by atoms with van der Waals surface area (Å²) in [6.45, 7) is 0. The van der Waals surface area contributed by atoms with Crippen molar-refractivity contribution in [3.63, 3.8) is 0 Å². The van der Waals surface area contributed by atoms with E-state index >= 15 is 0 Å². The fraction of sp³-hybridized carbons (Fsp3) is 0.533. The van der Waals surface area contributed by atoms with Crippen LogP contribution in [-0.4, -0.2) is 11.9 Å². The Kier molecular flexibility index (Phi) is 5.14. The number of nitrogens with one attached hydrogen (secondary N) is 1. The van der Waals surface area contributed by atoms with Crippen molar-refractivity contribution in [1.82, 2.24) is 5.32 Å². The van der Waals surface area contributed by atoms with Crippen LogP contribution in [0.5, 0.6) is 0 Å². The van der Waals surface area contributed by atoms with Gasteiger partial charge in [0.2, 0.25) is 5.91 Å². The molecule has 1 aliphatic rings. The molecule has 1 N–H and O–H groups in total. The molecule has 0 aliphatic heterocycles. The van der Waals surface area contributed by atoms with E-state index in [1.54, 1.807) is 0 Å². The van der Waals surface area contributed by atoms with E-state index in [9.17, 15) is 18.0 Å². The fourth-order valence-electron chi connectivity index (χ4n) is 2.64. The van der Waals surface area contributed by atoms with E-state index in [0.717, 1.165) is 38.2 Å². The molecule has 1 fully saturated rings. The molecule has 2 rings (SSSR count). The summed E-state index contributed by atoms with van der Waals surface area (Å²) >= 11 is 5.98. The Morgan fingerprint density at radius 1 is 1.19 bits per heavy atom. The molecule has 1 aromatic carbocycles. The first kappa shape index (κ1) is 16.1. The fourth-order valence-corrected chi connectivity index (χ4v) is 2.89. The smallest absolute Gasteiger partial charge is 0.352 e. The highest BCUT2D eigenvalue weighted by molar-refractivity contribution is 6.30. The van der Waals surface area contributed by atoms with Crippen molar-refractivity contribution in [3.05, 3.63) is 35.4 Å². The molecule has 0 bridgehead atoms. The van der Waals surface area contributed by atoms with E-state index in [0.29, 0.717) is 0 Å². The third kappa shape index (κ3) is 4.13. The van der Waals surface area contributed by atoms with Gasteiger partial charge in [-0.3, -0.25) is 4.79 Å². The van der Waals surface area contributed by atoms with Gasteiger partial charge in [-0.2, -0.15) is 13.2 Å². The third-order valence-corrected chi connectivity index (χ3v) is 4.15. The van der Waals surface area contributed by atoms with E-state index in [1.165, 1.54) is 18.2 Å². The SMILES string of the molecule is O=C(NC1CCCCC1)C(Cl)c1ccccc1C(F)(F)F. The Morgan fingerprint density at radius 2 is 1.81 bits per heavy atom. The van der Waals surface area contributed by atoms with Crippen molar-refractivity contribution in [1.29, 1.82) is 0 Å². The second-order valence-corrected chi connectivity index (χ2v) is 5.73. The van der Waals surface area contributed by atoms with Gasteiger partial charge in [0.05, 0.1) is 5.56 Å². The molecule has 0 heterocycles. The Labute approximate surface area is 126 Å². The lowest BCUT2D eigenvalue weighted by Gasteiger charge is -2.24. The number of hydrogen-bond donors (Lipinski definition) is 1. The first-order valence-electron chi connectivity index (χ1n) is 7.00. The van der Waals surface area contributed by atoms with Crippen molar-refractivity contribution in [2.75, 3.05) is 0 Å². The van der Waals surface area contributed by atoms with Crippen LogP contribution >= 0.6 is 11.6 Å². The number of amides is 1. The molecule has 0 radical (unpaired) electrons. The third-order valence-electron chi connectivity index (χ3n) is 3.72. The Bertz CT molecular complexity index is 498. The maximum Gasteiger partial charge on any atom is 0.416 e. The van der Waals surface area contributed by atoms with E-state index in [1.807, 2.05) is 0 Å². The highest BCUT2D eigenvalue weighted by atomic mass is 35.5. The average molecular weight is 320 g/mol. The molecule has 6 heteroatoms. The Balaban J connectivity index is 2.12. The van der Waals surface area contributed by atoms with Crippen LogP contribution in [0.2, 0.25) is 0 Å². The van der Waals surface area contributed by atoms with Gasteiger partial charge in [0.15, 0.2) is 0 Å². The predicted molar refractivity (Wildman–Crippen MR) is 75.1 cm³/mol. The van der Waals surface area contributed by atoms with Crippen LogP contribution < -0.4 is 5.32 Å². The van der Waals surface area contributed by atoms with E-state index in [-0.39, 0.29) is 11.6 Å². The Morgan fingerprint density at radius 3 is 2.43 bits per heavy atom. The summed E-state index contributed by atoms with van der Waals surface area (Å²) in [5, 5.41) is 1.43. The molecule has 116 valence electrons. The van der Waals surface area contributed by atoms with Gasteiger partial charge in [0.1, 0.15) is 5.38 Å². The first-order valence-corrected chi connectivity index (χ1v) is 7.44. The summed E-state index contributed by atoms with van der Waals surface area (Å²) in [5.41, 5.74) is -1.05. The quantitative estimate of drug-likeness (QED) is 0.820. The molecule has 1 atom stereocenters. The molecule has 0 saturated heterocycles. The lowest BCUT2D eigenvalue weighted by molar-refractivity contribution is -0.138. The average Bonchev–Trinajstić information content (AvgIpc) is 2.46. The van der Waals surface area contributed by atoms with Gasteiger partial charge in [-0.1, -0.05) is 37.5 Å². The van der Waals surface area contributed by atoms with Gasteiger partial charge in [-0.05, 0) is 24.5 Å². The molecule has 0 spiro atoms. The minimum absolute atomic E-state index is 0.0190. The second-order valence-electron chi connectivity index (χ2n) is 5.29. The summed E-state index contributed by atoms with van der Waals surface area (Å²) in [7, 11) is 0. The maximum absolute atomic E-state index is 12.9. The molecule has 1 aliphatic carbocycles. The van der Waals surface area contributed by atoms with Crippen LogP contribution in [-0.2, 0) is 11.0 Å². The van der Waals surface area contributed by atoms with Gasteiger partial charge in [-0.15, -0.1) is 11.6 Å². The summed E-state index contributed by atoms with van der Waals surface area (Å²) in [5.74, 6) is -0.555. The number of hydrogen-bond acceptors (Lipinski definition) is 1. The number of rotatable bonds is 3. The zero-order valence-corrected chi connectivity index (χ0v) is 12.2. The lowest BCUT2D eigenvalue weighted by Crippen LogP contribution is -2.38. The minimum atomic E-state index is -4.52. The Hall–Kier alpha value is -1.23. The van der Waals surface area contributed by atoms with Crippen molar-refractivity contribution < 1.29 is 18.0 Å². The molecule has 1 saturated carbocycles. The number of carbonyl (C=O) groups is 1. The summed E-state index contributed by atoms with van der Waals surface area (Å²) in [4.78, 5) is 12.1. The van der Waals surface area contributed by atoms with Gasteiger partial charge >= 0.3 is 6.18 Å². The number of carbonyl (C=O) groups excluding carboxylic acids is 1. The van der Waals surface area contributed by atoms with Crippen molar-refractivity contribution in [2.45, 2.75) is 49.7 Å². The molecular weight excluding hydrogens is 303 g/mol. The minimum Gasteiger partial charge on any atom is -0.352 e. The van der Waals surface area contributed by atoms with Crippen LogP contribution in [0, 0.1) is 0 Å². The van der Waals surface area contributed by atoms with Crippen molar-refractivity contribution in [3.8, 4) is 0 Å². The normalized spacial score (nSPS) is 18.3. The summed E-state index contributed by atoms with van der Waals surface area (Å²) in [6.07, 6.45) is 0.378. The van der Waals surface area contributed by atoms with Gasteiger partial charge in [-0.25, -0.2) is 0 Å². The number of halogens is 4. The summed E-state index contributed by atoms with van der Waals surface area (Å²) < 4.78 is 38.8. The monoisotopic (exact) mass is 319 g/mol. The van der Waals surface area contributed by atoms with Crippen LogP contribution in [0.15, 0.2) is 24.3 Å². The lowest BCUT2D eigenvalue weighted by atomic mass is 9.95. The zero-order valence-electron chi connectivity index (χ0n) is 11.4. The van der Waals surface area contributed by atoms with Crippen molar-refractivity contribution >= 4 is 17.5 Å². The topological polar surface area (TPSA) is 29.1 Å².